The minimum atomic E-state index is -0.474. The van der Waals surface area contributed by atoms with Crippen LogP contribution in [0, 0.1) is 6.92 Å². The number of aromatic nitrogens is 3. The molecule has 28 heavy (non-hydrogen) atoms. The standard InChI is InChI=1S/C23H27N3O2/c1-3-18-11-17(10-16-9-8-15(2)24-13-16)12-19-22(18)25-14-26(23(19)28)20-6-4-5-7-21(20)27/h8-9,11-14,20-21,27H,3-7,10H2,1-2H3. The molecule has 0 aliphatic heterocycles. The number of nitrogens with zero attached hydrogens (tertiary/aromatic N) is 3. The van der Waals surface area contributed by atoms with Gasteiger partial charge in [0.25, 0.3) is 5.56 Å². The zero-order valence-electron chi connectivity index (χ0n) is 16.6. The first-order valence-corrected chi connectivity index (χ1v) is 10.2. The van der Waals surface area contributed by atoms with Crippen LogP contribution in [0.25, 0.3) is 10.9 Å². The molecule has 5 nitrogen and oxygen atoms in total. The molecule has 0 radical (unpaired) electrons. The summed E-state index contributed by atoms with van der Waals surface area (Å²) in [6, 6.07) is 8.03. The Labute approximate surface area is 165 Å². The fourth-order valence-electron chi connectivity index (χ4n) is 4.25. The van der Waals surface area contributed by atoms with Crippen molar-refractivity contribution in [3.8, 4) is 0 Å². The first kappa shape index (κ1) is 18.8. The zero-order valence-corrected chi connectivity index (χ0v) is 16.6. The van der Waals surface area contributed by atoms with E-state index in [1.165, 1.54) is 0 Å². The largest absolute Gasteiger partial charge is 0.391 e. The van der Waals surface area contributed by atoms with Gasteiger partial charge in [-0.15, -0.1) is 0 Å². The van der Waals surface area contributed by atoms with Gasteiger partial charge in [0.2, 0.25) is 0 Å². The number of benzene rings is 1. The molecule has 2 unspecified atom stereocenters. The van der Waals surface area contributed by atoms with Crippen LogP contribution in [0.4, 0.5) is 0 Å². The molecule has 1 aromatic carbocycles. The number of aliphatic hydroxyl groups excluding tert-OH is 1. The molecule has 0 amide bonds. The van der Waals surface area contributed by atoms with E-state index in [4.69, 9.17) is 0 Å². The smallest absolute Gasteiger partial charge is 0.261 e. The predicted octanol–water partition coefficient (Wildman–Crippen LogP) is 3.73. The fraction of sp³-hybridized carbons (Fsp3) is 0.435. The van der Waals surface area contributed by atoms with Gasteiger partial charge in [-0.05, 0) is 61.4 Å². The third-order valence-electron chi connectivity index (χ3n) is 5.84. The molecule has 4 rings (SSSR count). The summed E-state index contributed by atoms with van der Waals surface area (Å²) < 4.78 is 1.66. The van der Waals surface area contributed by atoms with E-state index >= 15 is 0 Å². The number of aryl methyl sites for hydroxylation is 2. The van der Waals surface area contributed by atoms with Crippen molar-refractivity contribution in [2.45, 2.75) is 64.5 Å². The first-order chi connectivity index (χ1) is 13.6. The van der Waals surface area contributed by atoms with Crippen molar-refractivity contribution in [1.82, 2.24) is 14.5 Å². The Bertz CT molecular complexity index is 1040. The number of pyridine rings is 1. The summed E-state index contributed by atoms with van der Waals surface area (Å²) in [7, 11) is 0. The molecule has 0 spiro atoms. The van der Waals surface area contributed by atoms with E-state index < -0.39 is 6.10 Å². The summed E-state index contributed by atoms with van der Waals surface area (Å²) in [5, 5.41) is 11.0. The van der Waals surface area contributed by atoms with E-state index in [-0.39, 0.29) is 11.6 Å². The van der Waals surface area contributed by atoms with Crippen molar-refractivity contribution in [2.24, 2.45) is 0 Å². The van der Waals surface area contributed by atoms with E-state index in [2.05, 4.69) is 29.0 Å². The van der Waals surface area contributed by atoms with Gasteiger partial charge in [-0.3, -0.25) is 14.3 Å². The molecule has 2 atom stereocenters. The van der Waals surface area contributed by atoms with Crippen LogP contribution >= 0.6 is 0 Å². The van der Waals surface area contributed by atoms with E-state index in [1.807, 2.05) is 25.3 Å². The van der Waals surface area contributed by atoms with Crippen LogP contribution < -0.4 is 5.56 Å². The minimum absolute atomic E-state index is 0.0467. The second kappa shape index (κ2) is 7.84. The molecule has 1 aliphatic rings. The Kier molecular flexibility index (Phi) is 5.27. The van der Waals surface area contributed by atoms with Crippen molar-refractivity contribution in [2.75, 3.05) is 0 Å². The summed E-state index contributed by atoms with van der Waals surface area (Å²) in [6.45, 7) is 4.06. The van der Waals surface area contributed by atoms with Gasteiger partial charge in [0.05, 0.1) is 29.4 Å². The maximum absolute atomic E-state index is 13.3. The summed E-state index contributed by atoms with van der Waals surface area (Å²) in [5.41, 5.74) is 5.03. The van der Waals surface area contributed by atoms with Crippen molar-refractivity contribution < 1.29 is 5.11 Å². The number of aliphatic hydroxyl groups is 1. The second-order valence-electron chi connectivity index (χ2n) is 7.87. The van der Waals surface area contributed by atoms with E-state index in [0.717, 1.165) is 66.4 Å². The maximum Gasteiger partial charge on any atom is 0.261 e. The lowest BCUT2D eigenvalue weighted by molar-refractivity contribution is 0.0735. The molecule has 1 aliphatic carbocycles. The minimum Gasteiger partial charge on any atom is -0.391 e. The van der Waals surface area contributed by atoms with Crippen LogP contribution in [0.2, 0.25) is 0 Å². The number of hydrogen-bond acceptors (Lipinski definition) is 4. The predicted molar refractivity (Wildman–Crippen MR) is 111 cm³/mol. The average molecular weight is 377 g/mol. The van der Waals surface area contributed by atoms with Gasteiger partial charge < -0.3 is 5.11 Å². The van der Waals surface area contributed by atoms with Crippen LogP contribution in [0.15, 0.2) is 41.6 Å². The molecule has 0 saturated heterocycles. The van der Waals surface area contributed by atoms with Gasteiger partial charge >= 0.3 is 0 Å². The molecule has 1 fully saturated rings. The molecule has 1 N–H and O–H groups in total. The SMILES string of the molecule is CCc1cc(Cc2ccc(C)nc2)cc2c(=O)n(C3CCCCC3O)cnc12. The van der Waals surface area contributed by atoms with Gasteiger partial charge in [-0.25, -0.2) is 4.98 Å². The molecular weight excluding hydrogens is 350 g/mol. The Balaban J connectivity index is 1.79. The lowest BCUT2D eigenvalue weighted by atomic mass is 9.92. The van der Waals surface area contributed by atoms with Gasteiger partial charge in [0.1, 0.15) is 0 Å². The number of rotatable bonds is 4. The monoisotopic (exact) mass is 377 g/mol. The molecular formula is C23H27N3O2. The Morgan fingerprint density at radius 2 is 1.96 bits per heavy atom. The topological polar surface area (TPSA) is 68.0 Å². The Morgan fingerprint density at radius 3 is 2.68 bits per heavy atom. The third kappa shape index (κ3) is 3.59. The maximum atomic E-state index is 13.3. The molecule has 0 bridgehead atoms. The van der Waals surface area contributed by atoms with E-state index in [0.29, 0.717) is 5.39 Å². The van der Waals surface area contributed by atoms with Gasteiger partial charge in [0, 0.05) is 11.9 Å². The second-order valence-corrected chi connectivity index (χ2v) is 7.87. The summed E-state index contributed by atoms with van der Waals surface area (Å²) in [5.74, 6) is 0. The molecule has 2 aromatic heterocycles. The Morgan fingerprint density at radius 1 is 1.14 bits per heavy atom. The van der Waals surface area contributed by atoms with Crippen molar-refractivity contribution in [1.29, 1.82) is 0 Å². The summed E-state index contributed by atoms with van der Waals surface area (Å²) in [6.07, 6.45) is 8.22. The van der Waals surface area contributed by atoms with Crippen LogP contribution in [-0.2, 0) is 12.8 Å². The van der Waals surface area contributed by atoms with Crippen LogP contribution in [0.5, 0.6) is 0 Å². The molecule has 5 heteroatoms. The third-order valence-corrected chi connectivity index (χ3v) is 5.84. The van der Waals surface area contributed by atoms with Crippen LogP contribution in [-0.4, -0.2) is 25.7 Å². The molecule has 1 saturated carbocycles. The lowest BCUT2D eigenvalue weighted by Crippen LogP contribution is -2.34. The zero-order chi connectivity index (χ0) is 19.7. The summed E-state index contributed by atoms with van der Waals surface area (Å²) in [4.78, 5) is 22.3. The van der Waals surface area contributed by atoms with Crippen molar-refractivity contribution in [3.05, 3.63) is 69.5 Å². The van der Waals surface area contributed by atoms with E-state index in [9.17, 15) is 9.90 Å². The molecule has 2 heterocycles. The van der Waals surface area contributed by atoms with Crippen molar-refractivity contribution in [3.63, 3.8) is 0 Å². The highest BCUT2D eigenvalue weighted by atomic mass is 16.3. The Hall–Kier alpha value is -2.53. The molecule has 3 aromatic rings. The van der Waals surface area contributed by atoms with Gasteiger partial charge in [-0.1, -0.05) is 31.9 Å². The van der Waals surface area contributed by atoms with E-state index in [1.54, 1.807) is 10.9 Å². The van der Waals surface area contributed by atoms with Crippen molar-refractivity contribution >= 4 is 10.9 Å². The van der Waals surface area contributed by atoms with Gasteiger partial charge in [0.15, 0.2) is 0 Å². The molecule has 146 valence electrons. The highest BCUT2D eigenvalue weighted by molar-refractivity contribution is 5.82. The van der Waals surface area contributed by atoms with Crippen LogP contribution in [0.1, 0.15) is 61.0 Å². The number of hydrogen-bond donors (Lipinski definition) is 1. The normalized spacial score (nSPS) is 19.8. The van der Waals surface area contributed by atoms with Crippen LogP contribution in [0.3, 0.4) is 0 Å². The highest BCUT2D eigenvalue weighted by Gasteiger charge is 2.26. The summed E-state index contributed by atoms with van der Waals surface area (Å²) >= 11 is 0. The fourth-order valence-corrected chi connectivity index (χ4v) is 4.25. The lowest BCUT2D eigenvalue weighted by Gasteiger charge is -2.29. The average Bonchev–Trinajstić information content (AvgIpc) is 2.70. The first-order valence-electron chi connectivity index (χ1n) is 10.2. The highest BCUT2D eigenvalue weighted by Crippen LogP contribution is 2.28. The quantitative estimate of drug-likeness (QED) is 0.752. The number of fused-ring (bicyclic) bond motifs is 1. The van der Waals surface area contributed by atoms with Gasteiger partial charge in [-0.2, -0.15) is 0 Å².